The maximum Gasteiger partial charge on any atom is 0.254 e. The summed E-state index contributed by atoms with van der Waals surface area (Å²) in [6.07, 6.45) is 7.27. The number of carbonyl (C=O) groups is 1. The molecule has 1 amide bonds. The highest BCUT2D eigenvalue weighted by Crippen LogP contribution is 2.33. The van der Waals surface area contributed by atoms with Gasteiger partial charge in [0, 0.05) is 31.4 Å². The average Bonchev–Trinajstić information content (AvgIpc) is 3.45. The van der Waals surface area contributed by atoms with Crippen molar-refractivity contribution in [2.24, 2.45) is 0 Å². The minimum absolute atomic E-state index is 0.120. The third kappa shape index (κ3) is 3.14. The fraction of sp³-hybridized carbons (Fsp3) is 0.217. The van der Waals surface area contributed by atoms with Gasteiger partial charge in [0.25, 0.3) is 5.91 Å². The molecule has 0 atom stereocenters. The van der Waals surface area contributed by atoms with E-state index in [1.807, 2.05) is 47.1 Å². The quantitative estimate of drug-likeness (QED) is 0.517. The Morgan fingerprint density at radius 2 is 1.91 bits per heavy atom. The maximum absolute atomic E-state index is 12.7. The number of morpholine rings is 1. The van der Waals surface area contributed by atoms with Gasteiger partial charge in [-0.05, 0) is 24.3 Å². The van der Waals surface area contributed by atoms with Crippen LogP contribution in [0.1, 0.15) is 15.9 Å². The summed E-state index contributed by atoms with van der Waals surface area (Å²) < 4.78 is 7.39. The Morgan fingerprint density at radius 1 is 1.00 bits per heavy atom. The summed E-state index contributed by atoms with van der Waals surface area (Å²) in [6.45, 7) is 3.60. The fourth-order valence-corrected chi connectivity index (χ4v) is 4.27. The highest BCUT2D eigenvalue weighted by Gasteiger charge is 2.28. The lowest BCUT2D eigenvalue weighted by molar-refractivity contribution is 0.0966. The van der Waals surface area contributed by atoms with Crippen molar-refractivity contribution >= 4 is 28.7 Å². The molecule has 1 fully saturated rings. The molecule has 2 aliphatic rings. The van der Waals surface area contributed by atoms with Crippen LogP contribution >= 0.6 is 0 Å². The molecule has 0 aliphatic carbocycles. The first-order valence-electron chi connectivity index (χ1n) is 10.6. The number of nitrogens with zero attached hydrogens (tertiary/aromatic N) is 5. The van der Waals surface area contributed by atoms with Gasteiger partial charge in [-0.25, -0.2) is 9.97 Å². The molecule has 4 aromatic rings. The summed E-state index contributed by atoms with van der Waals surface area (Å²) >= 11 is 0. The maximum atomic E-state index is 12.7. The molecule has 4 aromatic heterocycles. The van der Waals surface area contributed by atoms with Crippen LogP contribution in [0.25, 0.3) is 17.0 Å². The molecule has 0 saturated carbocycles. The van der Waals surface area contributed by atoms with Crippen molar-refractivity contribution in [3.8, 4) is 11.4 Å². The van der Waals surface area contributed by atoms with E-state index in [1.54, 1.807) is 12.4 Å². The van der Waals surface area contributed by atoms with Crippen molar-refractivity contribution in [1.82, 2.24) is 24.7 Å². The van der Waals surface area contributed by atoms with Crippen LogP contribution in [0.15, 0.2) is 55.1 Å². The highest BCUT2D eigenvalue weighted by atomic mass is 16.5. The van der Waals surface area contributed by atoms with Crippen LogP contribution in [0, 0.1) is 0 Å². The van der Waals surface area contributed by atoms with Gasteiger partial charge in [0.1, 0.15) is 11.5 Å². The molecule has 0 unspecified atom stereocenters. The van der Waals surface area contributed by atoms with Crippen LogP contribution < -0.4 is 15.5 Å². The molecule has 2 aliphatic heterocycles. The monoisotopic (exact) mass is 427 g/mol. The molecule has 9 nitrogen and oxygen atoms in total. The zero-order valence-electron chi connectivity index (χ0n) is 17.3. The molecular weight excluding hydrogens is 406 g/mol. The van der Waals surface area contributed by atoms with Gasteiger partial charge < -0.3 is 20.3 Å². The number of hydrogen-bond acceptors (Lipinski definition) is 7. The van der Waals surface area contributed by atoms with Gasteiger partial charge in [0.2, 0.25) is 0 Å². The Bertz CT molecular complexity index is 1310. The molecule has 9 heteroatoms. The standard InChI is InChI=1S/C23H21N7O2/c31-23-21-16(12-27-23)22(18-14-25-20-3-1-2-6-30(18)20)26-13-17(21)28-19-5-4-15(11-24-19)29-7-9-32-10-8-29/h1-6,11,13-14H,7-10,12H2,(H,24,28)(H,27,31). The van der Waals surface area contributed by atoms with Crippen molar-refractivity contribution in [3.63, 3.8) is 0 Å². The molecular formula is C23H21N7O2. The van der Waals surface area contributed by atoms with Gasteiger partial charge in [-0.1, -0.05) is 6.07 Å². The summed E-state index contributed by atoms with van der Waals surface area (Å²) in [5.41, 5.74) is 5.59. The lowest BCUT2D eigenvalue weighted by Crippen LogP contribution is -2.36. The highest BCUT2D eigenvalue weighted by molar-refractivity contribution is 6.05. The van der Waals surface area contributed by atoms with E-state index in [1.165, 1.54) is 0 Å². The lowest BCUT2D eigenvalue weighted by atomic mass is 10.1. The van der Waals surface area contributed by atoms with Crippen molar-refractivity contribution in [3.05, 3.63) is 66.2 Å². The fourth-order valence-electron chi connectivity index (χ4n) is 4.27. The summed E-state index contributed by atoms with van der Waals surface area (Å²) in [7, 11) is 0. The first-order chi connectivity index (χ1) is 15.8. The number of carbonyl (C=O) groups excluding carboxylic acids is 1. The van der Waals surface area contributed by atoms with Crippen molar-refractivity contribution in [2.75, 3.05) is 36.5 Å². The van der Waals surface area contributed by atoms with Crippen LogP contribution in [-0.2, 0) is 11.3 Å². The Labute approximate surface area is 184 Å². The largest absolute Gasteiger partial charge is 0.378 e. The smallest absolute Gasteiger partial charge is 0.254 e. The number of pyridine rings is 3. The van der Waals surface area contributed by atoms with Crippen LogP contribution in [0.3, 0.4) is 0 Å². The first-order valence-corrected chi connectivity index (χ1v) is 10.6. The Kier molecular flexibility index (Phi) is 4.46. The second-order valence-electron chi connectivity index (χ2n) is 7.76. The van der Waals surface area contributed by atoms with Gasteiger partial charge in [0.15, 0.2) is 0 Å². The lowest BCUT2D eigenvalue weighted by Gasteiger charge is -2.28. The van der Waals surface area contributed by atoms with E-state index in [0.717, 1.165) is 54.6 Å². The van der Waals surface area contributed by atoms with Crippen LogP contribution in [0.5, 0.6) is 0 Å². The molecule has 0 bridgehead atoms. The Hall–Kier alpha value is -3.98. The van der Waals surface area contributed by atoms with E-state index in [4.69, 9.17) is 9.72 Å². The number of amides is 1. The van der Waals surface area contributed by atoms with Crippen LogP contribution in [0.4, 0.5) is 17.2 Å². The van der Waals surface area contributed by atoms with Gasteiger partial charge in [-0.3, -0.25) is 14.2 Å². The van der Waals surface area contributed by atoms with Gasteiger partial charge in [0.05, 0.1) is 60.1 Å². The molecule has 2 N–H and O–H groups in total. The Balaban J connectivity index is 1.33. The van der Waals surface area contributed by atoms with E-state index in [0.29, 0.717) is 23.6 Å². The second kappa shape index (κ2) is 7.61. The third-order valence-corrected chi connectivity index (χ3v) is 5.88. The molecule has 6 heterocycles. The van der Waals surface area contributed by atoms with Crippen LogP contribution in [0.2, 0.25) is 0 Å². The number of aromatic nitrogens is 4. The van der Waals surface area contributed by atoms with E-state index < -0.39 is 0 Å². The number of fused-ring (bicyclic) bond motifs is 2. The molecule has 0 spiro atoms. The number of anilines is 3. The summed E-state index contributed by atoms with van der Waals surface area (Å²) in [5, 5.41) is 6.20. The topological polar surface area (TPSA) is 96.7 Å². The Morgan fingerprint density at radius 3 is 2.75 bits per heavy atom. The SMILES string of the molecule is O=C1NCc2c(-c3cnc4ccccn34)ncc(Nc3ccc(N4CCOCC4)cn3)c21. The number of rotatable bonds is 4. The normalized spacial score (nSPS) is 15.6. The predicted molar refractivity (Wildman–Crippen MR) is 120 cm³/mol. The molecule has 160 valence electrons. The van der Waals surface area contributed by atoms with Crippen molar-refractivity contribution in [2.45, 2.75) is 6.54 Å². The minimum Gasteiger partial charge on any atom is -0.378 e. The number of hydrogen-bond donors (Lipinski definition) is 2. The number of imidazole rings is 1. The zero-order valence-corrected chi connectivity index (χ0v) is 17.3. The molecule has 1 saturated heterocycles. The third-order valence-electron chi connectivity index (χ3n) is 5.88. The van der Waals surface area contributed by atoms with Crippen LogP contribution in [-0.4, -0.2) is 51.6 Å². The van der Waals surface area contributed by atoms with E-state index >= 15 is 0 Å². The first kappa shape index (κ1) is 18.8. The predicted octanol–water partition coefficient (Wildman–Crippen LogP) is 2.61. The van der Waals surface area contributed by atoms with Gasteiger partial charge in [-0.15, -0.1) is 0 Å². The molecule has 32 heavy (non-hydrogen) atoms. The molecule has 6 rings (SSSR count). The van der Waals surface area contributed by atoms with Crippen molar-refractivity contribution in [1.29, 1.82) is 0 Å². The molecule has 0 aromatic carbocycles. The molecule has 0 radical (unpaired) electrons. The second-order valence-corrected chi connectivity index (χ2v) is 7.76. The van der Waals surface area contributed by atoms with Gasteiger partial charge >= 0.3 is 0 Å². The van der Waals surface area contributed by atoms with E-state index in [-0.39, 0.29) is 5.91 Å². The minimum atomic E-state index is -0.120. The van der Waals surface area contributed by atoms with Gasteiger partial charge in [-0.2, -0.15) is 0 Å². The van der Waals surface area contributed by atoms with Crippen molar-refractivity contribution < 1.29 is 9.53 Å². The zero-order chi connectivity index (χ0) is 21.5. The van der Waals surface area contributed by atoms with E-state index in [2.05, 4.69) is 25.5 Å². The summed E-state index contributed by atoms with van der Waals surface area (Å²) in [5.74, 6) is 0.540. The summed E-state index contributed by atoms with van der Waals surface area (Å²) in [6, 6.07) is 9.78. The van der Waals surface area contributed by atoms with E-state index in [9.17, 15) is 4.79 Å². The number of nitrogens with one attached hydrogen (secondary N) is 2. The number of ether oxygens (including phenoxy) is 1. The average molecular weight is 427 g/mol. The summed E-state index contributed by atoms with van der Waals surface area (Å²) in [4.78, 5) is 28.6.